The summed E-state index contributed by atoms with van der Waals surface area (Å²) in [4.78, 5) is 24.3. The molecule has 3 aliphatic heterocycles. The van der Waals surface area contributed by atoms with E-state index in [1.807, 2.05) is 0 Å². The van der Waals surface area contributed by atoms with Crippen molar-refractivity contribution in [3.8, 4) is 0 Å². The molecule has 4 aliphatic rings. The normalized spacial score (nSPS) is 33.6. The molecule has 0 N–H and O–H groups in total. The summed E-state index contributed by atoms with van der Waals surface area (Å²) < 4.78 is 39.8. The first-order valence-electron chi connectivity index (χ1n) is 9.44. The van der Waals surface area contributed by atoms with Crippen LogP contribution in [0, 0.1) is 0 Å². The molecule has 5 rings (SSSR count). The van der Waals surface area contributed by atoms with Gasteiger partial charge in [-0.25, -0.2) is 9.59 Å². The molecule has 1 aliphatic carbocycles. The quantitative estimate of drug-likeness (QED) is 0.687. The number of hydrogen-bond donors (Lipinski definition) is 0. The van der Waals surface area contributed by atoms with Gasteiger partial charge in [-0.05, 0) is 45.1 Å². The van der Waals surface area contributed by atoms with Crippen molar-refractivity contribution in [3.05, 3.63) is 59.4 Å². The Bertz CT molecular complexity index is 990. The molecular weight excluding hydrogens is 396 g/mol. The zero-order valence-corrected chi connectivity index (χ0v) is 16.6. The minimum atomic E-state index is -1.82. The number of allylic oxidation sites excluding steroid dienone is 1. The fourth-order valence-corrected chi connectivity index (χ4v) is 3.74. The summed E-state index contributed by atoms with van der Waals surface area (Å²) in [6, 6.07) is 6.75. The lowest BCUT2D eigenvalue weighted by Gasteiger charge is -2.30. The lowest BCUT2D eigenvalue weighted by Crippen LogP contribution is -2.48. The van der Waals surface area contributed by atoms with E-state index >= 15 is 0 Å². The molecule has 158 valence electrons. The van der Waals surface area contributed by atoms with Gasteiger partial charge in [0.2, 0.25) is 0 Å². The Kier molecular flexibility index (Phi) is 3.94. The second kappa shape index (κ2) is 6.14. The molecule has 0 amide bonds. The molecule has 3 atom stereocenters. The summed E-state index contributed by atoms with van der Waals surface area (Å²) in [7, 11) is 0. The number of carbonyl (C=O) groups excluding carboxylic acids is 2. The third kappa shape index (κ3) is 2.78. The molecule has 9 heteroatoms. The summed E-state index contributed by atoms with van der Waals surface area (Å²) in [5.41, 5.74) is 0.119. The molecule has 0 saturated carbocycles. The first-order valence-corrected chi connectivity index (χ1v) is 9.44. The second-order valence-corrected chi connectivity index (χ2v) is 8.19. The number of ether oxygens (including phenoxy) is 7. The molecule has 0 aromatic heterocycles. The predicted octanol–water partition coefficient (Wildman–Crippen LogP) is 2.22. The van der Waals surface area contributed by atoms with Gasteiger partial charge in [-0.2, -0.15) is 0 Å². The van der Waals surface area contributed by atoms with Gasteiger partial charge in [-0.1, -0.05) is 12.1 Å². The van der Waals surface area contributed by atoms with Gasteiger partial charge < -0.3 is 23.7 Å². The molecular formula is C21H20O9. The van der Waals surface area contributed by atoms with E-state index in [9.17, 15) is 9.59 Å². The molecule has 2 fully saturated rings. The van der Waals surface area contributed by atoms with Crippen molar-refractivity contribution in [1.29, 1.82) is 0 Å². The highest BCUT2D eigenvalue weighted by Gasteiger charge is 2.75. The maximum atomic E-state index is 12.3. The third-order valence-electron chi connectivity index (χ3n) is 4.88. The summed E-state index contributed by atoms with van der Waals surface area (Å²) in [6.45, 7) is 4.88. The van der Waals surface area contributed by atoms with Crippen molar-refractivity contribution in [3.63, 3.8) is 0 Å². The Hall–Kier alpha value is -2.72. The SMILES string of the molecule is CC(C)(C)OC(=O)COC1=CC23OCOC2(C=C1)OC1(OC(=O)c2ccccc21)O3. The maximum absolute atomic E-state index is 12.3. The number of rotatable bonds is 3. The zero-order chi connectivity index (χ0) is 21.2. The van der Waals surface area contributed by atoms with E-state index in [4.69, 9.17) is 33.2 Å². The Morgan fingerprint density at radius 2 is 1.87 bits per heavy atom. The molecule has 1 aromatic carbocycles. The van der Waals surface area contributed by atoms with E-state index < -0.39 is 35.1 Å². The fourth-order valence-electron chi connectivity index (χ4n) is 3.74. The van der Waals surface area contributed by atoms with Crippen LogP contribution in [0.15, 0.2) is 48.3 Å². The Morgan fingerprint density at radius 1 is 1.13 bits per heavy atom. The van der Waals surface area contributed by atoms with Gasteiger partial charge in [0.05, 0.1) is 11.1 Å². The standard InChI is InChI=1S/C21H20O9/c1-18(2,3)27-16(22)11-24-13-8-9-19-20(10-13,26-12-25-19)30-21(29-19)15-7-5-4-6-14(15)17(23)28-21/h4-10H,11-12H2,1-3H3. The topological polar surface area (TPSA) is 98.8 Å². The zero-order valence-electron chi connectivity index (χ0n) is 16.6. The van der Waals surface area contributed by atoms with Crippen LogP contribution in [0.2, 0.25) is 0 Å². The highest BCUT2D eigenvalue weighted by molar-refractivity contribution is 5.94. The summed E-state index contributed by atoms with van der Waals surface area (Å²) >= 11 is 0. The second-order valence-electron chi connectivity index (χ2n) is 8.19. The Balaban J connectivity index is 1.42. The van der Waals surface area contributed by atoms with Crippen LogP contribution in [0.4, 0.5) is 0 Å². The van der Waals surface area contributed by atoms with Gasteiger partial charge in [-0.3, -0.25) is 9.47 Å². The van der Waals surface area contributed by atoms with Crippen LogP contribution in [0.5, 0.6) is 0 Å². The van der Waals surface area contributed by atoms with Gasteiger partial charge in [0.15, 0.2) is 13.4 Å². The monoisotopic (exact) mass is 416 g/mol. The molecule has 1 spiro atoms. The number of benzene rings is 1. The highest BCUT2D eigenvalue weighted by Crippen LogP contribution is 2.59. The fraction of sp³-hybridized carbons (Fsp3) is 0.429. The molecule has 3 unspecified atom stereocenters. The number of carbonyl (C=O) groups is 2. The largest absolute Gasteiger partial charge is 0.482 e. The maximum Gasteiger partial charge on any atom is 0.365 e. The van der Waals surface area contributed by atoms with Crippen LogP contribution in [0.3, 0.4) is 0 Å². The van der Waals surface area contributed by atoms with Crippen molar-refractivity contribution in [2.75, 3.05) is 13.4 Å². The van der Waals surface area contributed by atoms with Gasteiger partial charge in [0.25, 0.3) is 11.6 Å². The molecule has 0 bridgehead atoms. The first-order chi connectivity index (χ1) is 14.2. The van der Waals surface area contributed by atoms with Crippen molar-refractivity contribution >= 4 is 11.9 Å². The van der Waals surface area contributed by atoms with Gasteiger partial charge in [-0.15, -0.1) is 0 Å². The van der Waals surface area contributed by atoms with Gasteiger partial charge in [0, 0.05) is 6.08 Å². The third-order valence-corrected chi connectivity index (χ3v) is 4.88. The van der Waals surface area contributed by atoms with E-state index in [1.165, 1.54) is 6.08 Å². The predicted molar refractivity (Wildman–Crippen MR) is 97.2 cm³/mol. The van der Waals surface area contributed by atoms with Crippen LogP contribution >= 0.6 is 0 Å². The molecule has 3 heterocycles. The van der Waals surface area contributed by atoms with Gasteiger partial charge in [0.1, 0.15) is 11.4 Å². The van der Waals surface area contributed by atoms with Crippen LogP contribution in [-0.4, -0.2) is 42.5 Å². The van der Waals surface area contributed by atoms with Crippen LogP contribution in [0.1, 0.15) is 36.7 Å². The van der Waals surface area contributed by atoms with Crippen molar-refractivity contribution < 1.29 is 42.7 Å². The molecule has 0 radical (unpaired) electrons. The molecule has 9 nitrogen and oxygen atoms in total. The first kappa shape index (κ1) is 19.3. The van der Waals surface area contributed by atoms with Crippen LogP contribution in [-0.2, 0) is 43.9 Å². The summed E-state index contributed by atoms with van der Waals surface area (Å²) in [6.07, 6.45) is 4.62. The van der Waals surface area contributed by atoms with Crippen LogP contribution in [0.25, 0.3) is 0 Å². The Labute approximate surface area is 172 Å². The van der Waals surface area contributed by atoms with E-state index in [0.717, 1.165) is 0 Å². The van der Waals surface area contributed by atoms with Crippen molar-refractivity contribution in [2.24, 2.45) is 0 Å². The lowest BCUT2D eigenvalue weighted by molar-refractivity contribution is -0.369. The highest BCUT2D eigenvalue weighted by atomic mass is 17.0. The average molecular weight is 416 g/mol. The minimum Gasteiger partial charge on any atom is -0.482 e. The molecule has 30 heavy (non-hydrogen) atoms. The summed E-state index contributed by atoms with van der Waals surface area (Å²) in [5.74, 6) is -5.68. The van der Waals surface area contributed by atoms with E-state index in [-0.39, 0.29) is 13.4 Å². The van der Waals surface area contributed by atoms with Gasteiger partial charge >= 0.3 is 17.9 Å². The number of fused-ring (bicyclic) bond motifs is 2. The minimum absolute atomic E-state index is 0.119. The molecule has 1 aromatic rings. The van der Waals surface area contributed by atoms with Crippen molar-refractivity contribution in [2.45, 2.75) is 43.9 Å². The van der Waals surface area contributed by atoms with Crippen LogP contribution < -0.4 is 0 Å². The van der Waals surface area contributed by atoms with E-state index in [0.29, 0.717) is 16.9 Å². The average Bonchev–Trinajstić information content (AvgIpc) is 3.24. The van der Waals surface area contributed by atoms with E-state index in [1.54, 1.807) is 57.2 Å². The summed E-state index contributed by atoms with van der Waals surface area (Å²) in [5, 5.41) is 0. The molecule has 2 saturated heterocycles. The lowest BCUT2D eigenvalue weighted by atomic mass is 10.00. The van der Waals surface area contributed by atoms with Crippen molar-refractivity contribution in [1.82, 2.24) is 0 Å². The smallest absolute Gasteiger partial charge is 0.365 e. The number of hydrogen-bond acceptors (Lipinski definition) is 9. The Morgan fingerprint density at radius 3 is 2.67 bits per heavy atom. The van der Waals surface area contributed by atoms with E-state index in [2.05, 4.69) is 0 Å². The number of esters is 2.